The van der Waals surface area contributed by atoms with E-state index in [1.165, 1.54) is 29.6 Å². The van der Waals surface area contributed by atoms with Crippen LogP contribution < -0.4 is 5.32 Å². The van der Waals surface area contributed by atoms with Gasteiger partial charge in [-0.3, -0.25) is 19.6 Å². The number of halogens is 1. The third-order valence-corrected chi connectivity index (χ3v) is 6.32. The molecule has 3 heterocycles. The number of carbonyl (C=O) groups is 2. The zero-order valence-corrected chi connectivity index (χ0v) is 17.4. The lowest BCUT2D eigenvalue weighted by atomic mass is 10.2. The van der Waals surface area contributed by atoms with Gasteiger partial charge in [-0.1, -0.05) is 23.7 Å². The van der Waals surface area contributed by atoms with E-state index in [1.807, 2.05) is 41.9 Å². The summed E-state index contributed by atoms with van der Waals surface area (Å²) in [7, 11) is 0. The van der Waals surface area contributed by atoms with E-state index < -0.39 is 0 Å². The van der Waals surface area contributed by atoms with Crippen molar-refractivity contribution in [3.05, 3.63) is 62.6 Å². The number of fused-ring (bicyclic) bond motifs is 1. The van der Waals surface area contributed by atoms with Gasteiger partial charge in [-0.25, -0.2) is 4.98 Å². The minimum Gasteiger partial charge on any atom is -0.297 e. The average molecular weight is 431 g/mol. The molecule has 0 unspecified atom stereocenters. The first-order valence-corrected chi connectivity index (χ1v) is 10.5. The van der Waals surface area contributed by atoms with Crippen LogP contribution in [-0.2, 0) is 6.54 Å². The summed E-state index contributed by atoms with van der Waals surface area (Å²) in [5.41, 5.74) is 2.30. The van der Waals surface area contributed by atoms with Crippen molar-refractivity contribution in [3.8, 4) is 0 Å². The molecule has 0 saturated heterocycles. The van der Waals surface area contributed by atoms with Crippen LogP contribution in [-0.4, -0.2) is 26.5 Å². The number of amides is 1. The minimum atomic E-state index is -0.247. The smallest absolute Gasteiger partial charge is 0.267 e. The first-order chi connectivity index (χ1) is 13.4. The number of Topliss-reactive ketones (excluding diaryl/α,β-unsaturated/α-hetero) is 1. The quantitative estimate of drug-likeness (QED) is 0.451. The van der Waals surface area contributed by atoms with E-state index in [2.05, 4.69) is 15.4 Å². The summed E-state index contributed by atoms with van der Waals surface area (Å²) in [5.74, 6) is -0.375. The van der Waals surface area contributed by atoms with Gasteiger partial charge in [0.05, 0.1) is 17.1 Å². The molecule has 6 nitrogen and oxygen atoms in total. The Balaban J connectivity index is 1.59. The van der Waals surface area contributed by atoms with Gasteiger partial charge in [-0.2, -0.15) is 5.10 Å². The summed E-state index contributed by atoms with van der Waals surface area (Å²) in [6.07, 6.45) is 0. The lowest BCUT2D eigenvalue weighted by molar-refractivity contribution is 0.100. The van der Waals surface area contributed by atoms with Crippen molar-refractivity contribution in [3.63, 3.8) is 0 Å². The fourth-order valence-electron chi connectivity index (χ4n) is 2.75. The van der Waals surface area contributed by atoms with Crippen molar-refractivity contribution in [1.82, 2.24) is 14.8 Å². The number of aromatic nitrogens is 3. The van der Waals surface area contributed by atoms with Gasteiger partial charge in [0.25, 0.3) is 5.91 Å². The molecule has 0 spiro atoms. The SMILES string of the molecule is CC(=O)c1csc(NC(=O)c2cc3c(C)nn(Cc4ccc(Cl)cc4)c3s2)n1. The molecular weight excluding hydrogens is 416 g/mol. The molecule has 0 aliphatic heterocycles. The number of carbonyl (C=O) groups excluding carboxylic acids is 2. The molecule has 0 radical (unpaired) electrons. The summed E-state index contributed by atoms with van der Waals surface area (Å²) in [6.45, 7) is 3.97. The molecule has 142 valence electrons. The Morgan fingerprint density at radius 1 is 1.25 bits per heavy atom. The number of benzene rings is 1. The highest BCUT2D eigenvalue weighted by Crippen LogP contribution is 2.30. The summed E-state index contributed by atoms with van der Waals surface area (Å²) < 4.78 is 1.90. The number of ketones is 1. The molecule has 9 heteroatoms. The van der Waals surface area contributed by atoms with Gasteiger partial charge in [0.2, 0.25) is 0 Å². The van der Waals surface area contributed by atoms with Crippen LogP contribution in [0, 0.1) is 6.92 Å². The molecule has 28 heavy (non-hydrogen) atoms. The van der Waals surface area contributed by atoms with Gasteiger partial charge in [-0.15, -0.1) is 22.7 Å². The van der Waals surface area contributed by atoms with Crippen molar-refractivity contribution < 1.29 is 9.59 Å². The molecule has 3 aromatic heterocycles. The second-order valence-electron chi connectivity index (χ2n) is 6.25. The van der Waals surface area contributed by atoms with E-state index in [1.54, 1.807) is 5.38 Å². The van der Waals surface area contributed by atoms with Gasteiger partial charge in [0, 0.05) is 22.7 Å². The summed E-state index contributed by atoms with van der Waals surface area (Å²) in [5, 5.41) is 11.0. The maximum Gasteiger partial charge on any atom is 0.267 e. The highest BCUT2D eigenvalue weighted by atomic mass is 35.5. The normalized spacial score (nSPS) is 11.1. The van der Waals surface area contributed by atoms with Crippen LogP contribution in [0.3, 0.4) is 0 Å². The molecule has 4 rings (SSSR count). The molecule has 1 aromatic carbocycles. The Morgan fingerprint density at radius 3 is 2.68 bits per heavy atom. The first kappa shape index (κ1) is 18.8. The molecule has 0 saturated carbocycles. The number of thiophene rings is 1. The monoisotopic (exact) mass is 430 g/mol. The molecule has 0 aliphatic carbocycles. The van der Waals surface area contributed by atoms with Gasteiger partial charge in [-0.05, 0) is 30.7 Å². The third-order valence-electron chi connectivity index (χ3n) is 4.16. The van der Waals surface area contributed by atoms with Crippen LogP contribution in [0.5, 0.6) is 0 Å². The topological polar surface area (TPSA) is 76.9 Å². The molecule has 0 aliphatic rings. The molecule has 0 bridgehead atoms. The highest BCUT2D eigenvalue weighted by molar-refractivity contribution is 7.20. The van der Waals surface area contributed by atoms with Crippen LogP contribution in [0.15, 0.2) is 35.7 Å². The van der Waals surface area contributed by atoms with Crippen molar-refractivity contribution in [2.45, 2.75) is 20.4 Å². The van der Waals surface area contributed by atoms with Gasteiger partial charge in [0.1, 0.15) is 10.5 Å². The number of anilines is 1. The van der Waals surface area contributed by atoms with Gasteiger partial charge in [0.15, 0.2) is 10.9 Å². The number of thiazole rings is 1. The van der Waals surface area contributed by atoms with E-state index in [-0.39, 0.29) is 11.7 Å². The van der Waals surface area contributed by atoms with Gasteiger partial charge >= 0.3 is 0 Å². The van der Waals surface area contributed by atoms with Crippen LogP contribution in [0.4, 0.5) is 5.13 Å². The maximum absolute atomic E-state index is 12.6. The summed E-state index contributed by atoms with van der Waals surface area (Å²) in [6, 6.07) is 9.46. The van der Waals surface area contributed by atoms with Crippen molar-refractivity contribution in [1.29, 1.82) is 0 Å². The summed E-state index contributed by atoms with van der Waals surface area (Å²) >= 11 is 8.56. The Kier molecular flexibility index (Phi) is 5.01. The van der Waals surface area contributed by atoms with Crippen molar-refractivity contribution in [2.24, 2.45) is 0 Å². The lowest BCUT2D eigenvalue weighted by Crippen LogP contribution is -2.10. The zero-order chi connectivity index (χ0) is 19.8. The Bertz CT molecular complexity index is 1190. The predicted molar refractivity (Wildman–Crippen MR) is 113 cm³/mol. The van der Waals surface area contributed by atoms with E-state index >= 15 is 0 Å². The Hall–Kier alpha value is -2.55. The second kappa shape index (κ2) is 7.46. The highest BCUT2D eigenvalue weighted by Gasteiger charge is 2.18. The van der Waals surface area contributed by atoms with E-state index in [0.717, 1.165) is 21.5 Å². The van der Waals surface area contributed by atoms with Crippen LogP contribution in [0.1, 0.15) is 38.3 Å². The standard InChI is InChI=1S/C19H15ClN4O2S2/c1-10-14-7-16(17(26)22-19-21-15(9-27-19)11(2)25)28-18(14)24(23-10)8-12-3-5-13(20)6-4-12/h3-7,9H,8H2,1-2H3,(H,21,22,26). The maximum atomic E-state index is 12.6. The minimum absolute atomic E-state index is 0.128. The number of nitrogens with zero attached hydrogens (tertiary/aromatic N) is 3. The number of aryl methyl sites for hydroxylation is 1. The number of rotatable bonds is 5. The Morgan fingerprint density at radius 2 is 2.00 bits per heavy atom. The summed E-state index contributed by atoms with van der Waals surface area (Å²) in [4.78, 5) is 29.6. The van der Waals surface area contributed by atoms with Crippen LogP contribution in [0.2, 0.25) is 5.02 Å². The predicted octanol–water partition coefficient (Wildman–Crippen LogP) is 5.02. The fraction of sp³-hybridized carbons (Fsp3) is 0.158. The van der Waals surface area contributed by atoms with Crippen molar-refractivity contribution >= 4 is 61.3 Å². The molecule has 1 amide bonds. The lowest BCUT2D eigenvalue weighted by Gasteiger charge is -2.03. The van der Waals surface area contributed by atoms with E-state index in [9.17, 15) is 9.59 Å². The van der Waals surface area contributed by atoms with E-state index in [0.29, 0.717) is 27.3 Å². The number of nitrogens with one attached hydrogen (secondary N) is 1. The first-order valence-electron chi connectivity index (χ1n) is 8.40. The average Bonchev–Trinajstić information content (AvgIpc) is 3.35. The molecule has 4 aromatic rings. The van der Waals surface area contributed by atoms with Crippen LogP contribution >= 0.6 is 34.3 Å². The molecule has 0 atom stereocenters. The Labute approximate surface area is 173 Å². The molecular formula is C19H15ClN4O2S2. The molecule has 0 fully saturated rings. The largest absolute Gasteiger partial charge is 0.297 e. The van der Waals surface area contributed by atoms with E-state index in [4.69, 9.17) is 11.6 Å². The van der Waals surface area contributed by atoms with Gasteiger partial charge < -0.3 is 0 Å². The van der Waals surface area contributed by atoms with Crippen LogP contribution in [0.25, 0.3) is 10.2 Å². The number of hydrogen-bond donors (Lipinski definition) is 1. The third kappa shape index (κ3) is 3.71. The fourth-order valence-corrected chi connectivity index (χ4v) is 4.67. The zero-order valence-electron chi connectivity index (χ0n) is 15.0. The second-order valence-corrected chi connectivity index (χ2v) is 8.57. The number of hydrogen-bond acceptors (Lipinski definition) is 6. The molecule has 1 N–H and O–H groups in total. The van der Waals surface area contributed by atoms with Crippen molar-refractivity contribution in [2.75, 3.05) is 5.32 Å².